The molecule has 0 aromatic rings. The molecule has 0 bridgehead atoms. The molecule has 7 heteroatoms. The summed E-state index contributed by atoms with van der Waals surface area (Å²) in [5.74, 6) is -1.70. The monoisotopic (exact) mass is 285 g/mol. The van der Waals surface area contributed by atoms with E-state index in [-0.39, 0.29) is 18.4 Å². The molecule has 0 unspecified atom stereocenters. The third-order valence-corrected chi connectivity index (χ3v) is 3.56. The number of nitrogens with two attached hydrogens (primary N) is 1. The zero-order chi connectivity index (χ0) is 15.1. The number of carbonyl (C=O) groups excluding carboxylic acids is 2. The van der Waals surface area contributed by atoms with Crippen molar-refractivity contribution in [2.24, 2.45) is 11.7 Å². The molecule has 1 fully saturated rings. The fourth-order valence-electron chi connectivity index (χ4n) is 2.35. The normalized spacial score (nSPS) is 20.2. The van der Waals surface area contributed by atoms with Gasteiger partial charge in [0.05, 0.1) is 5.92 Å². The fourth-order valence-corrected chi connectivity index (χ4v) is 2.35. The van der Waals surface area contributed by atoms with Gasteiger partial charge in [0.1, 0.15) is 6.04 Å². The van der Waals surface area contributed by atoms with Crippen LogP contribution in [0.4, 0.5) is 4.79 Å². The maximum atomic E-state index is 12.1. The van der Waals surface area contributed by atoms with Gasteiger partial charge in [0.2, 0.25) is 5.91 Å². The number of urea groups is 1. The first-order valence-corrected chi connectivity index (χ1v) is 7.03. The summed E-state index contributed by atoms with van der Waals surface area (Å²) in [6.07, 6.45) is 3.39. The number of hydrogen-bond acceptors (Lipinski definition) is 3. The van der Waals surface area contributed by atoms with Crippen LogP contribution in [0.25, 0.3) is 0 Å². The van der Waals surface area contributed by atoms with Crippen molar-refractivity contribution in [2.45, 2.75) is 45.1 Å². The molecule has 1 rings (SSSR count). The molecule has 0 aromatic heterocycles. The molecule has 20 heavy (non-hydrogen) atoms. The minimum absolute atomic E-state index is 0.265. The predicted molar refractivity (Wildman–Crippen MR) is 73.0 cm³/mol. The summed E-state index contributed by atoms with van der Waals surface area (Å²) in [5, 5.41) is 11.7. The van der Waals surface area contributed by atoms with E-state index in [4.69, 9.17) is 10.8 Å². The van der Waals surface area contributed by atoms with Gasteiger partial charge < -0.3 is 21.1 Å². The Balaban J connectivity index is 2.55. The van der Waals surface area contributed by atoms with Gasteiger partial charge in [-0.2, -0.15) is 0 Å². The van der Waals surface area contributed by atoms with Gasteiger partial charge >= 0.3 is 12.0 Å². The van der Waals surface area contributed by atoms with Crippen LogP contribution in [-0.4, -0.2) is 47.0 Å². The molecule has 1 aliphatic heterocycles. The Morgan fingerprint density at radius 1 is 1.45 bits per heavy atom. The molecule has 0 aromatic carbocycles. The van der Waals surface area contributed by atoms with Crippen LogP contribution in [0.3, 0.4) is 0 Å². The summed E-state index contributed by atoms with van der Waals surface area (Å²) in [6.45, 7) is 2.78. The zero-order valence-corrected chi connectivity index (χ0v) is 11.8. The first-order chi connectivity index (χ1) is 9.45. The summed E-state index contributed by atoms with van der Waals surface area (Å²) in [5.41, 5.74) is 5.21. The Morgan fingerprint density at radius 3 is 2.70 bits per heavy atom. The van der Waals surface area contributed by atoms with Crippen LogP contribution in [0.15, 0.2) is 0 Å². The Morgan fingerprint density at radius 2 is 2.15 bits per heavy atom. The van der Waals surface area contributed by atoms with Gasteiger partial charge in [-0.3, -0.25) is 4.79 Å². The molecular formula is C13H23N3O4. The second kappa shape index (κ2) is 7.72. The van der Waals surface area contributed by atoms with Crippen LogP contribution in [-0.2, 0) is 9.59 Å². The number of piperidine rings is 1. The van der Waals surface area contributed by atoms with Crippen LogP contribution in [0, 0.1) is 5.92 Å². The molecule has 0 aliphatic carbocycles. The van der Waals surface area contributed by atoms with Crippen molar-refractivity contribution in [2.75, 3.05) is 13.1 Å². The van der Waals surface area contributed by atoms with Crippen LogP contribution in [0.5, 0.6) is 0 Å². The van der Waals surface area contributed by atoms with Gasteiger partial charge in [0, 0.05) is 13.1 Å². The number of likely N-dealkylation sites (tertiary alicyclic amines) is 1. The van der Waals surface area contributed by atoms with Gasteiger partial charge in [-0.05, 0) is 19.3 Å². The maximum Gasteiger partial charge on any atom is 0.326 e. The van der Waals surface area contributed by atoms with E-state index in [9.17, 15) is 14.4 Å². The number of nitrogens with zero attached hydrogens (tertiary/aromatic N) is 1. The molecule has 0 radical (unpaired) electrons. The van der Waals surface area contributed by atoms with Crippen LogP contribution >= 0.6 is 0 Å². The average Bonchev–Trinajstić information content (AvgIpc) is 2.42. The van der Waals surface area contributed by atoms with Crippen molar-refractivity contribution >= 4 is 17.9 Å². The lowest BCUT2D eigenvalue weighted by Crippen LogP contribution is -2.50. The van der Waals surface area contributed by atoms with Crippen molar-refractivity contribution in [3.63, 3.8) is 0 Å². The zero-order valence-electron chi connectivity index (χ0n) is 11.8. The Hall–Kier alpha value is -1.79. The number of primary amides is 1. The Kier molecular flexibility index (Phi) is 6.27. The first-order valence-electron chi connectivity index (χ1n) is 7.03. The molecule has 0 saturated carbocycles. The minimum Gasteiger partial charge on any atom is -0.480 e. The maximum absolute atomic E-state index is 12.1. The highest BCUT2D eigenvalue weighted by Gasteiger charge is 2.30. The Bertz CT molecular complexity index is 373. The Labute approximate surface area is 118 Å². The number of carboxylic acid groups (broad SMARTS) is 1. The van der Waals surface area contributed by atoms with E-state index in [1.165, 1.54) is 4.90 Å². The van der Waals surface area contributed by atoms with Crippen LogP contribution in [0.2, 0.25) is 0 Å². The number of carboxylic acids is 1. The van der Waals surface area contributed by atoms with Crippen LogP contribution in [0.1, 0.15) is 39.0 Å². The highest BCUT2D eigenvalue weighted by atomic mass is 16.4. The number of nitrogens with one attached hydrogen (secondary N) is 1. The summed E-state index contributed by atoms with van der Waals surface area (Å²) >= 11 is 0. The van der Waals surface area contributed by atoms with E-state index in [2.05, 4.69) is 5.32 Å². The van der Waals surface area contributed by atoms with Gasteiger partial charge in [0.25, 0.3) is 0 Å². The quantitative estimate of drug-likeness (QED) is 0.661. The molecule has 7 nitrogen and oxygen atoms in total. The summed E-state index contributed by atoms with van der Waals surface area (Å²) in [6, 6.07) is -1.39. The molecule has 3 amide bonds. The largest absolute Gasteiger partial charge is 0.480 e. The minimum atomic E-state index is -1.02. The number of amides is 3. The van der Waals surface area contributed by atoms with Crippen molar-refractivity contribution < 1.29 is 19.5 Å². The molecule has 0 spiro atoms. The highest BCUT2D eigenvalue weighted by Crippen LogP contribution is 2.17. The predicted octanol–water partition coefficient (Wildman–Crippen LogP) is 0.537. The van der Waals surface area contributed by atoms with Gasteiger partial charge in [-0.15, -0.1) is 0 Å². The highest BCUT2D eigenvalue weighted by molar-refractivity contribution is 5.85. The molecule has 1 saturated heterocycles. The van der Waals surface area contributed by atoms with E-state index in [0.29, 0.717) is 25.8 Å². The molecule has 4 N–H and O–H groups in total. The average molecular weight is 285 g/mol. The van der Waals surface area contributed by atoms with Crippen molar-refractivity contribution in [3.8, 4) is 0 Å². The topological polar surface area (TPSA) is 113 Å². The SMILES string of the molecule is CCCC[C@@H](NC(=O)[C@@H]1CCCN(C(N)=O)C1)C(=O)O. The third kappa shape index (κ3) is 4.71. The standard InChI is InChI=1S/C13H23N3O4/c1-2-3-6-10(12(18)19)15-11(17)9-5-4-7-16(8-9)13(14)20/h9-10H,2-8H2,1H3,(H2,14,20)(H,15,17)(H,18,19)/t9-,10-/m1/s1. The van der Waals surface area contributed by atoms with E-state index in [1.807, 2.05) is 6.92 Å². The molecular weight excluding hydrogens is 262 g/mol. The van der Waals surface area contributed by atoms with Crippen LogP contribution < -0.4 is 11.1 Å². The van der Waals surface area contributed by atoms with Crippen molar-refractivity contribution in [3.05, 3.63) is 0 Å². The van der Waals surface area contributed by atoms with E-state index >= 15 is 0 Å². The number of carbonyl (C=O) groups is 3. The van der Waals surface area contributed by atoms with E-state index in [1.54, 1.807) is 0 Å². The van der Waals surface area contributed by atoms with Crippen molar-refractivity contribution in [1.29, 1.82) is 0 Å². The lowest BCUT2D eigenvalue weighted by molar-refractivity contribution is -0.143. The summed E-state index contributed by atoms with van der Waals surface area (Å²) in [4.78, 5) is 35.7. The second-order valence-electron chi connectivity index (χ2n) is 5.17. The molecule has 114 valence electrons. The van der Waals surface area contributed by atoms with Gasteiger partial charge in [-0.1, -0.05) is 19.8 Å². The van der Waals surface area contributed by atoms with E-state index in [0.717, 1.165) is 12.8 Å². The molecule has 2 atom stereocenters. The fraction of sp³-hybridized carbons (Fsp3) is 0.769. The first kappa shape index (κ1) is 16.3. The molecule has 1 heterocycles. The number of aliphatic carboxylic acids is 1. The number of hydrogen-bond donors (Lipinski definition) is 3. The lowest BCUT2D eigenvalue weighted by atomic mass is 9.96. The lowest BCUT2D eigenvalue weighted by Gasteiger charge is -2.31. The number of rotatable bonds is 6. The van der Waals surface area contributed by atoms with Gasteiger partial charge in [-0.25, -0.2) is 9.59 Å². The third-order valence-electron chi connectivity index (χ3n) is 3.56. The van der Waals surface area contributed by atoms with Gasteiger partial charge in [0.15, 0.2) is 0 Å². The second-order valence-corrected chi connectivity index (χ2v) is 5.17. The molecule has 1 aliphatic rings. The van der Waals surface area contributed by atoms with Crippen molar-refractivity contribution in [1.82, 2.24) is 10.2 Å². The van der Waals surface area contributed by atoms with E-state index < -0.39 is 18.0 Å². The number of unbranched alkanes of at least 4 members (excludes halogenated alkanes) is 1. The smallest absolute Gasteiger partial charge is 0.326 e. The summed E-state index contributed by atoms with van der Waals surface area (Å²) < 4.78 is 0. The summed E-state index contributed by atoms with van der Waals surface area (Å²) in [7, 11) is 0.